The molecule has 0 heterocycles. The van der Waals surface area contributed by atoms with Crippen molar-refractivity contribution in [3.63, 3.8) is 0 Å². The number of aryl methyl sites for hydroxylation is 1. The first kappa shape index (κ1) is 30.1. The fourth-order valence-electron chi connectivity index (χ4n) is 3.14. The van der Waals surface area contributed by atoms with Crippen molar-refractivity contribution in [1.82, 2.24) is 0 Å². The van der Waals surface area contributed by atoms with Crippen molar-refractivity contribution in [2.45, 2.75) is 11.8 Å². The predicted molar refractivity (Wildman–Crippen MR) is 145 cm³/mol. The molecule has 4 rings (SSSR count). The number of hydrogen-bond donors (Lipinski definition) is 2. The SMILES string of the molecule is Cc1cc(NCOc2ccc(N)cc2)ccc1N=Nc1ccc(OC=Nc2ccc(SOO[O-])cc2)cc1.[Na+]. The summed E-state index contributed by atoms with van der Waals surface area (Å²) in [4.78, 5) is 4.93. The number of nitrogens with zero attached hydrogens (tertiary/aromatic N) is 3. The third kappa shape index (κ3) is 10.0. The summed E-state index contributed by atoms with van der Waals surface area (Å²) in [6, 6.07) is 27.2. The van der Waals surface area contributed by atoms with E-state index in [4.69, 9.17) is 15.2 Å². The van der Waals surface area contributed by atoms with Crippen LogP contribution in [0.3, 0.4) is 0 Å². The summed E-state index contributed by atoms with van der Waals surface area (Å²) < 4.78 is 15.5. The Kier molecular flexibility index (Phi) is 12.3. The minimum Gasteiger partial charge on any atom is -0.691 e. The number of benzene rings is 4. The second kappa shape index (κ2) is 15.9. The molecule has 39 heavy (non-hydrogen) atoms. The van der Waals surface area contributed by atoms with Crippen molar-refractivity contribution >= 4 is 46.9 Å². The molecule has 12 heteroatoms. The zero-order valence-corrected chi connectivity index (χ0v) is 24.1. The largest absolute Gasteiger partial charge is 1.00 e. The van der Waals surface area contributed by atoms with E-state index in [9.17, 15) is 5.26 Å². The van der Waals surface area contributed by atoms with Gasteiger partial charge in [-0.25, -0.2) is 4.99 Å². The Labute approximate surface area is 252 Å². The Bertz CT molecular complexity index is 1370. The molecule has 4 aromatic carbocycles. The van der Waals surface area contributed by atoms with Crippen LogP contribution in [0.1, 0.15) is 5.56 Å². The molecule has 0 saturated heterocycles. The molecule has 0 aliphatic rings. The molecule has 194 valence electrons. The van der Waals surface area contributed by atoms with Gasteiger partial charge in [0.2, 0.25) is 0 Å². The quantitative estimate of drug-likeness (QED) is 0.0314. The Morgan fingerprint density at radius 1 is 0.872 bits per heavy atom. The van der Waals surface area contributed by atoms with Crippen LogP contribution in [0.2, 0.25) is 0 Å². The maximum Gasteiger partial charge on any atom is 1.00 e. The first-order valence-electron chi connectivity index (χ1n) is 11.4. The van der Waals surface area contributed by atoms with Crippen molar-refractivity contribution in [3.8, 4) is 11.5 Å². The van der Waals surface area contributed by atoms with E-state index < -0.39 is 0 Å². The van der Waals surface area contributed by atoms with E-state index in [1.807, 2.05) is 37.3 Å². The molecule has 0 saturated carbocycles. The molecule has 0 spiro atoms. The van der Waals surface area contributed by atoms with Gasteiger partial charge >= 0.3 is 29.6 Å². The molecule has 0 aliphatic heterocycles. The smallest absolute Gasteiger partial charge is 0.691 e. The number of aliphatic imine (C=N–C) groups is 1. The van der Waals surface area contributed by atoms with Crippen molar-refractivity contribution in [2.24, 2.45) is 15.2 Å². The van der Waals surface area contributed by atoms with Gasteiger partial charge in [0.05, 0.1) is 29.1 Å². The van der Waals surface area contributed by atoms with Gasteiger partial charge in [0.1, 0.15) is 11.5 Å². The van der Waals surface area contributed by atoms with Crippen LogP contribution in [0.15, 0.2) is 111 Å². The van der Waals surface area contributed by atoms with Crippen LogP contribution in [-0.4, -0.2) is 13.1 Å². The average molecular weight is 554 g/mol. The van der Waals surface area contributed by atoms with Crippen LogP contribution in [0.5, 0.6) is 11.5 Å². The molecule has 0 fully saturated rings. The van der Waals surface area contributed by atoms with Gasteiger partial charge in [-0.3, -0.25) is 5.04 Å². The summed E-state index contributed by atoms with van der Waals surface area (Å²) in [6.45, 7) is 2.29. The summed E-state index contributed by atoms with van der Waals surface area (Å²) in [5.41, 5.74) is 10.4. The van der Waals surface area contributed by atoms with E-state index in [1.165, 1.54) is 6.40 Å². The zero-order chi connectivity index (χ0) is 26.6. The molecule has 0 unspecified atom stereocenters. The van der Waals surface area contributed by atoms with Crippen LogP contribution in [-0.2, 0) is 9.37 Å². The Hall–Kier alpha value is -3.42. The number of ether oxygens (including phenoxy) is 2. The molecule has 0 radical (unpaired) electrons. The minimum atomic E-state index is 0. The second-order valence-corrected chi connectivity index (χ2v) is 8.57. The minimum absolute atomic E-state index is 0. The van der Waals surface area contributed by atoms with Crippen LogP contribution in [0.4, 0.5) is 28.4 Å². The van der Waals surface area contributed by atoms with E-state index in [2.05, 4.69) is 29.9 Å². The molecule has 0 aliphatic carbocycles. The topological polar surface area (TPSA) is 135 Å². The standard InChI is InChI=1S/C27H25N5O5S.Na/c1-19-16-23(30-18-35-24-9-2-20(28)3-10-24)8-15-27(19)32-31-22-4-11-25(12-5-22)34-17-29-21-6-13-26(14-7-21)38-37-36-33;/h2-17,30,33H,18,28H2,1H3;/q;+1/p-1. The van der Waals surface area contributed by atoms with Gasteiger partial charge in [0.15, 0.2) is 13.1 Å². The van der Waals surface area contributed by atoms with E-state index in [-0.39, 0.29) is 29.6 Å². The Morgan fingerprint density at radius 2 is 1.56 bits per heavy atom. The number of nitrogens with two attached hydrogens (primary N) is 1. The van der Waals surface area contributed by atoms with Crippen LogP contribution >= 0.6 is 12.0 Å². The van der Waals surface area contributed by atoms with Crippen molar-refractivity contribution in [3.05, 3.63) is 96.6 Å². The molecule has 0 aromatic heterocycles. The Balaban J connectivity index is 0.00000420. The normalized spacial score (nSPS) is 10.9. The molecule has 4 aromatic rings. The number of rotatable bonds is 12. The maximum absolute atomic E-state index is 9.86. The summed E-state index contributed by atoms with van der Waals surface area (Å²) in [6.07, 6.45) is 1.34. The van der Waals surface area contributed by atoms with Crippen LogP contribution in [0.25, 0.3) is 0 Å². The Morgan fingerprint density at radius 3 is 2.26 bits per heavy atom. The number of anilines is 2. The molecule has 0 amide bonds. The van der Waals surface area contributed by atoms with Gasteiger partial charge in [-0.15, -0.1) is 0 Å². The first-order chi connectivity index (χ1) is 18.6. The van der Waals surface area contributed by atoms with E-state index in [0.717, 1.165) is 34.7 Å². The molecular weight excluding hydrogens is 529 g/mol. The number of nitrogens with one attached hydrogen (secondary N) is 1. The third-order valence-electron chi connectivity index (χ3n) is 5.09. The van der Waals surface area contributed by atoms with Crippen molar-refractivity contribution in [2.75, 3.05) is 17.8 Å². The van der Waals surface area contributed by atoms with Crippen molar-refractivity contribution < 1.29 is 53.7 Å². The van der Waals surface area contributed by atoms with Crippen LogP contribution in [0, 0.1) is 6.92 Å². The molecule has 3 N–H and O–H groups in total. The molecule has 0 bridgehead atoms. The van der Waals surface area contributed by atoms with Gasteiger partial charge in [-0.2, -0.15) is 14.6 Å². The number of nitrogen functional groups attached to an aromatic ring is 1. The molecule has 10 nitrogen and oxygen atoms in total. The van der Waals surface area contributed by atoms with Gasteiger partial charge in [-0.05, 0) is 103 Å². The first-order valence-corrected chi connectivity index (χ1v) is 12.1. The predicted octanol–water partition coefficient (Wildman–Crippen LogP) is 3.41. The second-order valence-electron chi connectivity index (χ2n) is 7.80. The fourth-order valence-corrected chi connectivity index (χ4v) is 3.49. The van der Waals surface area contributed by atoms with E-state index in [0.29, 0.717) is 34.4 Å². The average Bonchev–Trinajstić information content (AvgIpc) is 2.94. The number of hydrogen-bond acceptors (Lipinski definition) is 11. The summed E-state index contributed by atoms with van der Waals surface area (Å²) in [5, 5.41) is 25.1. The van der Waals surface area contributed by atoms with E-state index >= 15 is 0 Å². The summed E-state index contributed by atoms with van der Waals surface area (Å²) in [7, 11) is 0. The van der Waals surface area contributed by atoms with E-state index in [1.54, 1.807) is 60.7 Å². The van der Waals surface area contributed by atoms with Gasteiger partial charge in [0.25, 0.3) is 0 Å². The summed E-state index contributed by atoms with van der Waals surface area (Å²) >= 11 is 0.812. The third-order valence-corrected chi connectivity index (χ3v) is 5.68. The van der Waals surface area contributed by atoms with Gasteiger partial charge in [0, 0.05) is 16.3 Å². The number of azo groups is 1. The molecular formula is C27H24N5NaO5S. The monoisotopic (exact) mass is 553 g/mol. The fraction of sp³-hybridized carbons (Fsp3) is 0.0741. The molecule has 0 atom stereocenters. The van der Waals surface area contributed by atoms with Crippen LogP contribution < -0.4 is 55.3 Å². The van der Waals surface area contributed by atoms with Gasteiger partial charge < -0.3 is 25.8 Å². The zero-order valence-electron chi connectivity index (χ0n) is 21.3. The van der Waals surface area contributed by atoms with Crippen molar-refractivity contribution in [1.29, 1.82) is 0 Å². The summed E-state index contributed by atoms with van der Waals surface area (Å²) in [5.74, 6) is 1.34. The van der Waals surface area contributed by atoms with Gasteiger partial charge in [-0.1, -0.05) is 0 Å². The maximum atomic E-state index is 9.86.